The van der Waals surface area contributed by atoms with E-state index in [1.165, 1.54) is 0 Å². The zero-order chi connectivity index (χ0) is 10.9. The van der Waals surface area contributed by atoms with Crippen molar-refractivity contribution in [3.05, 3.63) is 28.8 Å². The van der Waals surface area contributed by atoms with Crippen LogP contribution in [0.15, 0.2) is 12.1 Å². The minimum atomic E-state index is 0. The van der Waals surface area contributed by atoms with Gasteiger partial charge in [0, 0.05) is 0 Å². The second-order valence-corrected chi connectivity index (χ2v) is 5.12. The van der Waals surface area contributed by atoms with Crippen LogP contribution in [0.3, 0.4) is 0 Å². The summed E-state index contributed by atoms with van der Waals surface area (Å²) < 4.78 is 0. The van der Waals surface area contributed by atoms with Crippen LogP contribution in [0.2, 0.25) is 0 Å². The molecule has 0 N–H and O–H groups in total. The molecule has 0 spiro atoms. The fourth-order valence-electron chi connectivity index (χ4n) is 2.20. The number of rotatable bonds is 3. The van der Waals surface area contributed by atoms with Crippen LogP contribution in [0.4, 0.5) is 0 Å². The van der Waals surface area contributed by atoms with Gasteiger partial charge in [-0.25, -0.2) is 6.07 Å². The molecule has 1 heteroatoms. The van der Waals surface area contributed by atoms with Gasteiger partial charge in [0.2, 0.25) is 0 Å². The smallest absolute Gasteiger partial charge is 0.210 e. The molecule has 80 valence electrons. The summed E-state index contributed by atoms with van der Waals surface area (Å²) in [5.41, 5.74) is 4.68. The van der Waals surface area contributed by atoms with E-state index in [2.05, 4.69) is 53.7 Å². The van der Waals surface area contributed by atoms with Crippen LogP contribution in [0.25, 0.3) is 0 Å². The third kappa shape index (κ3) is 3.20. The van der Waals surface area contributed by atoms with Crippen LogP contribution in [0, 0.1) is 0 Å². The molecule has 0 nitrogen and oxygen atoms in total. The third-order valence-electron chi connectivity index (χ3n) is 2.89. The Kier molecular flexibility index (Phi) is 5.86. The van der Waals surface area contributed by atoms with Gasteiger partial charge in [-0.1, -0.05) is 53.4 Å². The first-order chi connectivity index (χ1) is 6.45. The minimum absolute atomic E-state index is 0. The van der Waals surface area contributed by atoms with Crippen molar-refractivity contribution in [2.24, 2.45) is 0 Å². The SMILES string of the molecule is CC(C)c1cc[c-](C(C)C)c1C(C)C.[Li+]. The topological polar surface area (TPSA) is 0 Å². The van der Waals surface area contributed by atoms with Crippen LogP contribution >= 0.6 is 0 Å². The molecule has 0 bridgehead atoms. The van der Waals surface area contributed by atoms with Gasteiger partial charge in [-0.2, -0.15) is 22.8 Å². The van der Waals surface area contributed by atoms with Gasteiger partial charge in [0.25, 0.3) is 0 Å². The maximum atomic E-state index is 2.31. The minimum Gasteiger partial charge on any atom is -0.210 e. The molecule has 0 heterocycles. The predicted molar refractivity (Wildman–Crippen MR) is 64.3 cm³/mol. The van der Waals surface area contributed by atoms with E-state index >= 15 is 0 Å². The average Bonchev–Trinajstić information content (AvgIpc) is 2.46. The summed E-state index contributed by atoms with van der Waals surface area (Å²) in [6.45, 7) is 13.7. The van der Waals surface area contributed by atoms with Gasteiger partial charge in [0.1, 0.15) is 0 Å². The Morgan fingerprint density at radius 2 is 1.47 bits per heavy atom. The van der Waals surface area contributed by atoms with Crippen LogP contribution in [-0.4, -0.2) is 0 Å². The fourth-order valence-corrected chi connectivity index (χ4v) is 2.20. The average molecular weight is 198 g/mol. The summed E-state index contributed by atoms with van der Waals surface area (Å²) in [4.78, 5) is 0. The summed E-state index contributed by atoms with van der Waals surface area (Å²) in [6.07, 6.45) is 0. The fraction of sp³-hybridized carbons (Fsp3) is 0.643. The first-order valence-electron chi connectivity index (χ1n) is 5.74. The van der Waals surface area contributed by atoms with Crippen LogP contribution in [0.1, 0.15) is 76.0 Å². The molecule has 0 aromatic heterocycles. The van der Waals surface area contributed by atoms with Gasteiger partial charge in [-0.3, -0.25) is 0 Å². The van der Waals surface area contributed by atoms with Crippen molar-refractivity contribution < 1.29 is 18.9 Å². The van der Waals surface area contributed by atoms with Crippen LogP contribution in [0.5, 0.6) is 0 Å². The van der Waals surface area contributed by atoms with E-state index in [1.54, 1.807) is 16.7 Å². The zero-order valence-corrected chi connectivity index (χ0v) is 11.4. The standard InChI is InChI=1S/C14H23.Li/c1-9(2)12-7-8-13(10(3)4)14(12)11(5)6;/h7-11H,1-6H3;/q-1;+1. The maximum Gasteiger partial charge on any atom is 1.00 e. The van der Waals surface area contributed by atoms with Gasteiger partial charge in [-0.15, -0.1) is 0 Å². The molecule has 1 aromatic carbocycles. The summed E-state index contributed by atoms with van der Waals surface area (Å²) in [5.74, 6) is 1.96. The van der Waals surface area contributed by atoms with Crippen molar-refractivity contribution in [3.63, 3.8) is 0 Å². The molecule has 0 atom stereocenters. The molecule has 0 saturated carbocycles. The molecule has 1 rings (SSSR count). The Morgan fingerprint density at radius 3 is 1.80 bits per heavy atom. The Balaban J connectivity index is 0.00000196. The normalized spacial score (nSPS) is 11.3. The number of hydrogen-bond donors (Lipinski definition) is 0. The molecule has 0 radical (unpaired) electrons. The molecule has 0 saturated heterocycles. The van der Waals surface area contributed by atoms with E-state index in [-0.39, 0.29) is 18.9 Å². The molecule has 0 aliphatic heterocycles. The van der Waals surface area contributed by atoms with Crippen molar-refractivity contribution >= 4 is 0 Å². The summed E-state index contributed by atoms with van der Waals surface area (Å²) >= 11 is 0. The quantitative estimate of drug-likeness (QED) is 0.513. The molecular formula is C14H23Li. The van der Waals surface area contributed by atoms with Gasteiger partial charge in [0.15, 0.2) is 0 Å². The van der Waals surface area contributed by atoms with Crippen molar-refractivity contribution in [2.45, 2.75) is 59.3 Å². The Hall–Kier alpha value is -0.0526. The van der Waals surface area contributed by atoms with Gasteiger partial charge >= 0.3 is 18.9 Å². The molecule has 1 aromatic rings. The van der Waals surface area contributed by atoms with Crippen molar-refractivity contribution in [1.82, 2.24) is 0 Å². The molecular weight excluding hydrogens is 175 g/mol. The van der Waals surface area contributed by atoms with Crippen LogP contribution in [-0.2, 0) is 0 Å². The zero-order valence-electron chi connectivity index (χ0n) is 11.4. The van der Waals surface area contributed by atoms with E-state index in [0.717, 1.165) is 0 Å². The third-order valence-corrected chi connectivity index (χ3v) is 2.89. The predicted octanol–water partition coefficient (Wildman–Crippen LogP) is 1.78. The van der Waals surface area contributed by atoms with Crippen LogP contribution < -0.4 is 18.9 Å². The van der Waals surface area contributed by atoms with E-state index in [0.29, 0.717) is 17.8 Å². The summed E-state index contributed by atoms with van der Waals surface area (Å²) in [7, 11) is 0. The van der Waals surface area contributed by atoms with E-state index in [9.17, 15) is 0 Å². The van der Waals surface area contributed by atoms with E-state index in [4.69, 9.17) is 0 Å². The van der Waals surface area contributed by atoms with Crippen molar-refractivity contribution in [1.29, 1.82) is 0 Å². The Labute approximate surface area is 107 Å². The van der Waals surface area contributed by atoms with E-state index in [1.807, 2.05) is 0 Å². The first kappa shape index (κ1) is 14.9. The first-order valence-corrected chi connectivity index (χ1v) is 5.74. The summed E-state index contributed by atoms with van der Waals surface area (Å²) in [5, 5.41) is 0. The molecule has 0 amide bonds. The second kappa shape index (κ2) is 5.88. The molecule has 0 fully saturated rings. The Bertz CT molecular complexity index is 267. The summed E-state index contributed by atoms with van der Waals surface area (Å²) in [6, 6.07) is 4.63. The van der Waals surface area contributed by atoms with Gasteiger partial charge in [-0.05, 0) is 5.92 Å². The molecule has 0 aliphatic rings. The van der Waals surface area contributed by atoms with E-state index < -0.39 is 0 Å². The van der Waals surface area contributed by atoms with Crippen molar-refractivity contribution in [3.8, 4) is 0 Å². The second-order valence-electron chi connectivity index (χ2n) is 5.12. The van der Waals surface area contributed by atoms with Crippen molar-refractivity contribution in [2.75, 3.05) is 0 Å². The Morgan fingerprint density at radius 1 is 0.933 bits per heavy atom. The maximum absolute atomic E-state index is 2.31. The largest absolute Gasteiger partial charge is 1.00 e. The molecule has 0 aliphatic carbocycles. The molecule has 0 unspecified atom stereocenters. The number of hydrogen-bond acceptors (Lipinski definition) is 0. The van der Waals surface area contributed by atoms with Gasteiger partial charge in [0.05, 0.1) is 0 Å². The molecule has 15 heavy (non-hydrogen) atoms. The monoisotopic (exact) mass is 198 g/mol. The van der Waals surface area contributed by atoms with Gasteiger partial charge < -0.3 is 0 Å².